The van der Waals surface area contributed by atoms with Crippen molar-refractivity contribution in [3.8, 4) is 0 Å². The van der Waals surface area contributed by atoms with Crippen LogP contribution in [0, 0.1) is 0 Å². The van der Waals surface area contributed by atoms with Crippen LogP contribution in [0.2, 0.25) is 0 Å². The fraction of sp³-hybridized carbons (Fsp3) is 0.467. The lowest BCUT2D eigenvalue weighted by molar-refractivity contribution is -0.117. The minimum atomic E-state index is 0.0750. The number of hydrogen-bond acceptors (Lipinski definition) is 4. The number of nitrogens with zero attached hydrogens (tertiary/aromatic N) is 2. The van der Waals surface area contributed by atoms with Gasteiger partial charge in [-0.2, -0.15) is 0 Å². The Hall–Kier alpha value is -1.33. The number of anilines is 1. The van der Waals surface area contributed by atoms with Crippen molar-refractivity contribution in [2.24, 2.45) is 0 Å². The van der Waals surface area contributed by atoms with Crippen LogP contribution in [0.15, 0.2) is 24.3 Å². The number of amides is 1. The van der Waals surface area contributed by atoms with Crippen LogP contribution in [-0.4, -0.2) is 41.8 Å². The van der Waals surface area contributed by atoms with Crippen molar-refractivity contribution in [2.75, 3.05) is 25.5 Å². The molecule has 1 aromatic carbocycles. The zero-order valence-electron chi connectivity index (χ0n) is 12.1. The summed E-state index contributed by atoms with van der Waals surface area (Å²) in [7, 11) is 4.06. The summed E-state index contributed by atoms with van der Waals surface area (Å²) in [5.41, 5.74) is 2.14. The lowest BCUT2D eigenvalue weighted by atomic mass is 10.2. The molecule has 108 valence electrons. The second-order valence-electron chi connectivity index (χ2n) is 5.34. The molecule has 0 aliphatic carbocycles. The zero-order valence-corrected chi connectivity index (χ0v) is 12.9. The maximum atomic E-state index is 12.0. The molecular formula is C15H20N2O2S. The van der Waals surface area contributed by atoms with Gasteiger partial charge in [0, 0.05) is 37.4 Å². The molecule has 1 atom stereocenters. The number of hydrogen-bond donors (Lipinski definition) is 0. The second-order valence-corrected chi connectivity index (χ2v) is 6.82. The summed E-state index contributed by atoms with van der Waals surface area (Å²) >= 11 is 1.27. The van der Waals surface area contributed by atoms with E-state index >= 15 is 0 Å². The summed E-state index contributed by atoms with van der Waals surface area (Å²) in [6.07, 6.45) is 0.448. The van der Waals surface area contributed by atoms with Gasteiger partial charge in [-0.05, 0) is 31.8 Å². The van der Waals surface area contributed by atoms with E-state index < -0.39 is 0 Å². The first kappa shape index (κ1) is 15.1. The maximum Gasteiger partial charge on any atom is 0.228 e. The molecule has 5 heteroatoms. The number of rotatable bonds is 4. The Morgan fingerprint density at radius 3 is 2.55 bits per heavy atom. The van der Waals surface area contributed by atoms with E-state index in [9.17, 15) is 9.59 Å². The van der Waals surface area contributed by atoms with Gasteiger partial charge in [-0.1, -0.05) is 23.9 Å². The Bertz CT molecular complexity index is 499. The highest BCUT2D eigenvalue weighted by Gasteiger charge is 2.31. The van der Waals surface area contributed by atoms with Gasteiger partial charge in [0.1, 0.15) is 0 Å². The van der Waals surface area contributed by atoms with E-state index in [-0.39, 0.29) is 16.3 Å². The molecule has 1 unspecified atom stereocenters. The van der Waals surface area contributed by atoms with Crippen molar-refractivity contribution in [3.05, 3.63) is 29.8 Å². The Kier molecular flexibility index (Phi) is 4.83. The predicted octanol–water partition coefficient (Wildman–Crippen LogP) is 2.13. The van der Waals surface area contributed by atoms with Gasteiger partial charge in [0.25, 0.3) is 0 Å². The van der Waals surface area contributed by atoms with Crippen LogP contribution in [0.5, 0.6) is 0 Å². The van der Waals surface area contributed by atoms with Crippen LogP contribution < -0.4 is 4.90 Å². The van der Waals surface area contributed by atoms with Crippen molar-refractivity contribution in [3.63, 3.8) is 0 Å². The molecule has 1 aliphatic rings. The lowest BCUT2D eigenvalue weighted by Crippen LogP contribution is -2.24. The fourth-order valence-corrected chi connectivity index (χ4v) is 3.30. The quantitative estimate of drug-likeness (QED) is 0.852. The van der Waals surface area contributed by atoms with Gasteiger partial charge in [0.15, 0.2) is 5.12 Å². The molecule has 0 aromatic heterocycles. The number of carbonyl (C=O) groups is 2. The standard InChI is InChI=1S/C15H20N2O2S/c1-11(18)20-14-8-15(19)17(10-14)13-6-4-12(5-7-13)9-16(2)3/h4-7,14H,8-10H2,1-3H3. The van der Waals surface area contributed by atoms with Gasteiger partial charge in [-0.25, -0.2) is 0 Å². The van der Waals surface area contributed by atoms with Gasteiger partial charge in [0.05, 0.1) is 0 Å². The smallest absolute Gasteiger partial charge is 0.228 e. The highest BCUT2D eigenvalue weighted by molar-refractivity contribution is 8.14. The third kappa shape index (κ3) is 3.84. The van der Waals surface area contributed by atoms with E-state index in [0.717, 1.165) is 12.2 Å². The van der Waals surface area contributed by atoms with Crippen molar-refractivity contribution in [1.29, 1.82) is 0 Å². The van der Waals surface area contributed by atoms with Gasteiger partial charge in [-0.3, -0.25) is 9.59 Å². The first-order chi connectivity index (χ1) is 9.45. The summed E-state index contributed by atoms with van der Waals surface area (Å²) in [6, 6.07) is 8.07. The summed E-state index contributed by atoms with van der Waals surface area (Å²) in [4.78, 5) is 27.0. The minimum absolute atomic E-state index is 0.0750. The van der Waals surface area contributed by atoms with Gasteiger partial charge < -0.3 is 9.80 Å². The Balaban J connectivity index is 2.04. The molecular weight excluding hydrogens is 272 g/mol. The van der Waals surface area contributed by atoms with Gasteiger partial charge in [-0.15, -0.1) is 0 Å². The summed E-state index contributed by atoms with van der Waals surface area (Å²) in [5.74, 6) is 0.101. The molecule has 20 heavy (non-hydrogen) atoms. The molecule has 1 fully saturated rings. The van der Waals surface area contributed by atoms with Crippen LogP contribution in [0.1, 0.15) is 18.9 Å². The lowest BCUT2D eigenvalue weighted by Gasteiger charge is -2.17. The van der Waals surface area contributed by atoms with E-state index in [1.165, 1.54) is 17.3 Å². The molecule has 0 radical (unpaired) electrons. The largest absolute Gasteiger partial charge is 0.311 e. The average Bonchev–Trinajstić information content (AvgIpc) is 2.69. The first-order valence-electron chi connectivity index (χ1n) is 6.67. The third-order valence-corrected chi connectivity index (χ3v) is 4.15. The second kappa shape index (κ2) is 6.41. The Labute approximate surface area is 124 Å². The van der Waals surface area contributed by atoms with Crippen molar-refractivity contribution < 1.29 is 9.59 Å². The van der Waals surface area contributed by atoms with Crippen molar-refractivity contribution in [2.45, 2.75) is 25.1 Å². The summed E-state index contributed by atoms with van der Waals surface area (Å²) in [6.45, 7) is 3.06. The molecule has 0 spiro atoms. The third-order valence-electron chi connectivity index (χ3n) is 3.17. The Morgan fingerprint density at radius 1 is 1.35 bits per heavy atom. The molecule has 1 saturated heterocycles. The van der Waals surface area contributed by atoms with Crippen LogP contribution in [0.25, 0.3) is 0 Å². The van der Waals surface area contributed by atoms with E-state index in [4.69, 9.17) is 0 Å². The molecule has 1 heterocycles. The van der Waals surface area contributed by atoms with Crippen LogP contribution in [0.4, 0.5) is 5.69 Å². The normalized spacial score (nSPS) is 18.9. The highest BCUT2D eigenvalue weighted by atomic mass is 32.2. The summed E-state index contributed by atoms with van der Waals surface area (Å²) in [5, 5.41) is 0.160. The van der Waals surface area contributed by atoms with Crippen molar-refractivity contribution in [1.82, 2.24) is 4.90 Å². The van der Waals surface area contributed by atoms with E-state index in [0.29, 0.717) is 13.0 Å². The number of carbonyl (C=O) groups excluding carboxylic acids is 2. The first-order valence-corrected chi connectivity index (χ1v) is 7.55. The minimum Gasteiger partial charge on any atom is -0.311 e. The molecule has 1 aliphatic heterocycles. The van der Waals surface area contributed by atoms with Gasteiger partial charge in [0.2, 0.25) is 5.91 Å². The summed E-state index contributed by atoms with van der Waals surface area (Å²) < 4.78 is 0. The monoisotopic (exact) mass is 292 g/mol. The predicted molar refractivity (Wildman–Crippen MR) is 82.9 cm³/mol. The molecule has 0 saturated carbocycles. The molecule has 1 aromatic rings. The number of benzene rings is 1. The fourth-order valence-electron chi connectivity index (χ4n) is 2.38. The molecule has 4 nitrogen and oxygen atoms in total. The zero-order chi connectivity index (χ0) is 14.7. The van der Waals surface area contributed by atoms with E-state index in [1.807, 2.05) is 38.4 Å². The SMILES string of the molecule is CC(=O)SC1CC(=O)N(c2ccc(CN(C)C)cc2)C1. The Morgan fingerprint density at radius 2 is 2.00 bits per heavy atom. The van der Waals surface area contributed by atoms with Gasteiger partial charge >= 0.3 is 0 Å². The van der Waals surface area contributed by atoms with Crippen LogP contribution in [-0.2, 0) is 16.1 Å². The molecule has 1 amide bonds. The average molecular weight is 292 g/mol. The molecule has 0 N–H and O–H groups in total. The number of thioether (sulfide) groups is 1. The molecule has 2 rings (SSSR count). The van der Waals surface area contributed by atoms with E-state index in [1.54, 1.807) is 11.8 Å². The van der Waals surface area contributed by atoms with Crippen molar-refractivity contribution >= 4 is 28.5 Å². The molecule has 0 bridgehead atoms. The van der Waals surface area contributed by atoms with E-state index in [2.05, 4.69) is 4.90 Å². The highest BCUT2D eigenvalue weighted by Crippen LogP contribution is 2.28. The maximum absolute atomic E-state index is 12.0. The van der Waals surface area contributed by atoms with Crippen LogP contribution >= 0.6 is 11.8 Å². The topological polar surface area (TPSA) is 40.6 Å². The van der Waals surface area contributed by atoms with Crippen LogP contribution in [0.3, 0.4) is 0 Å².